The first kappa shape index (κ1) is 14.4. The molecule has 0 bridgehead atoms. The van der Waals surface area contributed by atoms with Gasteiger partial charge in [0, 0.05) is 24.5 Å². The minimum absolute atomic E-state index is 0.0477. The third kappa shape index (κ3) is 2.41. The van der Waals surface area contributed by atoms with Crippen molar-refractivity contribution in [3.05, 3.63) is 77.5 Å². The molecule has 0 radical (unpaired) electrons. The van der Waals surface area contributed by atoms with Crippen molar-refractivity contribution in [2.75, 3.05) is 0 Å². The average Bonchev–Trinajstić information content (AvgIpc) is 2.50. The van der Waals surface area contributed by atoms with Crippen LogP contribution >= 0.6 is 0 Å². The Labute approximate surface area is 124 Å². The van der Waals surface area contributed by atoms with Crippen LogP contribution in [0.5, 0.6) is 0 Å². The van der Waals surface area contributed by atoms with Gasteiger partial charge in [-0.25, -0.2) is 4.39 Å². The van der Waals surface area contributed by atoms with Crippen LogP contribution in [0.15, 0.2) is 45.0 Å². The fraction of sp³-hybridized carbons (Fsp3) is 0. The number of H-pyrrole nitrogens is 2. The molecule has 2 heterocycles. The second-order valence-electron chi connectivity index (χ2n) is 4.62. The third-order valence-electron chi connectivity index (χ3n) is 3.17. The zero-order valence-electron chi connectivity index (χ0n) is 11.2. The Balaban J connectivity index is 2.40. The summed E-state index contributed by atoms with van der Waals surface area (Å²) in [4.78, 5) is 48.7. The van der Waals surface area contributed by atoms with Gasteiger partial charge in [-0.1, -0.05) is 0 Å². The molecule has 9 nitrogen and oxygen atoms in total. The molecule has 0 amide bonds. The van der Waals surface area contributed by atoms with E-state index in [2.05, 4.69) is 9.97 Å². The number of benzene rings is 1. The quantitative estimate of drug-likeness (QED) is 0.401. The largest absolute Gasteiger partial charge is 0.316 e. The van der Waals surface area contributed by atoms with E-state index in [1.165, 1.54) is 6.07 Å². The van der Waals surface area contributed by atoms with E-state index >= 15 is 0 Å². The van der Waals surface area contributed by atoms with Gasteiger partial charge in [-0.15, -0.1) is 0 Å². The van der Waals surface area contributed by atoms with Crippen LogP contribution in [0, 0.1) is 15.9 Å². The van der Waals surface area contributed by atoms with Gasteiger partial charge in [-0.05, 0) is 6.07 Å². The van der Waals surface area contributed by atoms with Gasteiger partial charge >= 0.3 is 11.1 Å². The number of hydrogen-bond donors (Lipinski definition) is 2. The summed E-state index contributed by atoms with van der Waals surface area (Å²) in [6, 6.07) is 3.16. The van der Waals surface area contributed by atoms with Crippen LogP contribution in [0.3, 0.4) is 0 Å². The zero-order chi connectivity index (χ0) is 16.7. The Morgan fingerprint density at radius 3 is 2.26 bits per heavy atom. The minimum Gasteiger partial charge on any atom is -0.316 e. The molecule has 116 valence electrons. The normalized spacial score (nSPS) is 10.8. The summed E-state index contributed by atoms with van der Waals surface area (Å²) in [5, 5.41) is 11.2. The Morgan fingerprint density at radius 1 is 1.09 bits per heavy atom. The number of fused-ring (bicyclic) bond motifs is 1. The number of nitro benzene ring substituents is 1. The van der Waals surface area contributed by atoms with E-state index in [0.717, 1.165) is 29.1 Å². The number of rotatable bonds is 2. The lowest BCUT2D eigenvalue weighted by Crippen LogP contribution is -2.29. The third-order valence-corrected chi connectivity index (χ3v) is 3.17. The van der Waals surface area contributed by atoms with Gasteiger partial charge in [0.05, 0.1) is 16.0 Å². The number of hydrogen-bond acceptors (Lipinski definition) is 5. The summed E-state index contributed by atoms with van der Waals surface area (Å²) in [7, 11) is 0. The highest BCUT2D eigenvalue weighted by molar-refractivity contribution is 5.81. The second-order valence-corrected chi connectivity index (χ2v) is 4.62. The number of nitrogens with zero attached hydrogens (tertiary/aromatic N) is 2. The van der Waals surface area contributed by atoms with Crippen LogP contribution in [-0.2, 0) is 0 Å². The number of nitro groups is 1. The molecule has 0 atom stereocenters. The lowest BCUT2D eigenvalue weighted by atomic mass is 10.2. The monoisotopic (exact) mass is 318 g/mol. The molecule has 0 fully saturated rings. The van der Waals surface area contributed by atoms with Gasteiger partial charge < -0.3 is 14.5 Å². The molecule has 0 aliphatic rings. The van der Waals surface area contributed by atoms with Gasteiger partial charge in [0.1, 0.15) is 5.69 Å². The SMILES string of the molecule is O=c1ccn(-c2cc3[nH]c(=O)c(=O)[nH]c3cc2[N+](=O)[O-])cc1F. The van der Waals surface area contributed by atoms with Crippen LogP contribution in [0.25, 0.3) is 16.7 Å². The van der Waals surface area contributed by atoms with E-state index in [-0.39, 0.29) is 16.7 Å². The predicted molar refractivity (Wildman–Crippen MR) is 77.4 cm³/mol. The fourth-order valence-corrected chi connectivity index (χ4v) is 2.10. The van der Waals surface area contributed by atoms with E-state index in [4.69, 9.17) is 0 Å². The molecule has 10 heteroatoms. The first-order valence-corrected chi connectivity index (χ1v) is 6.20. The van der Waals surface area contributed by atoms with E-state index in [9.17, 15) is 28.9 Å². The topological polar surface area (TPSA) is 131 Å². The Hall–Kier alpha value is -3.56. The van der Waals surface area contributed by atoms with Crippen LogP contribution in [0.4, 0.5) is 10.1 Å². The zero-order valence-corrected chi connectivity index (χ0v) is 11.2. The Bertz CT molecular complexity index is 1130. The van der Waals surface area contributed by atoms with Crippen LogP contribution in [-0.4, -0.2) is 19.5 Å². The number of aromatic amines is 2. The molecule has 0 saturated carbocycles. The van der Waals surface area contributed by atoms with E-state index < -0.39 is 33.0 Å². The van der Waals surface area contributed by atoms with Crippen molar-refractivity contribution in [2.24, 2.45) is 0 Å². The fourth-order valence-electron chi connectivity index (χ4n) is 2.10. The van der Waals surface area contributed by atoms with Crippen molar-refractivity contribution in [2.45, 2.75) is 0 Å². The highest BCUT2D eigenvalue weighted by atomic mass is 19.1. The average molecular weight is 318 g/mol. The summed E-state index contributed by atoms with van der Waals surface area (Å²) in [5.74, 6) is -1.09. The smallest absolute Gasteiger partial charge is 0.314 e. The van der Waals surface area contributed by atoms with Crippen LogP contribution in [0.1, 0.15) is 0 Å². The first-order chi connectivity index (χ1) is 10.9. The molecular formula is C13H7FN4O5. The van der Waals surface area contributed by atoms with Gasteiger partial charge in [-0.3, -0.25) is 24.5 Å². The molecule has 0 aliphatic carbocycles. The molecule has 23 heavy (non-hydrogen) atoms. The molecule has 2 N–H and O–H groups in total. The summed E-state index contributed by atoms with van der Waals surface area (Å²) < 4.78 is 14.5. The van der Waals surface area contributed by atoms with E-state index in [1.807, 2.05) is 0 Å². The van der Waals surface area contributed by atoms with Gasteiger partial charge in [-0.2, -0.15) is 0 Å². The van der Waals surface area contributed by atoms with Crippen molar-refractivity contribution in [1.29, 1.82) is 0 Å². The molecule has 2 aromatic heterocycles. The molecule has 3 rings (SSSR count). The van der Waals surface area contributed by atoms with E-state index in [1.54, 1.807) is 0 Å². The highest BCUT2D eigenvalue weighted by Gasteiger charge is 2.18. The number of pyridine rings is 1. The summed E-state index contributed by atoms with van der Waals surface area (Å²) in [5.41, 5.74) is -3.09. The van der Waals surface area contributed by atoms with Gasteiger partial charge in [0.2, 0.25) is 5.43 Å². The van der Waals surface area contributed by atoms with Crippen molar-refractivity contribution in [1.82, 2.24) is 14.5 Å². The van der Waals surface area contributed by atoms with Gasteiger partial charge in [0.25, 0.3) is 5.69 Å². The number of halogens is 1. The molecule has 0 unspecified atom stereocenters. The van der Waals surface area contributed by atoms with E-state index in [0.29, 0.717) is 0 Å². The van der Waals surface area contributed by atoms with Crippen molar-refractivity contribution in [3.8, 4) is 5.69 Å². The molecule has 0 saturated heterocycles. The predicted octanol–water partition coefficient (Wildman–Crippen LogP) is 0.415. The summed E-state index contributed by atoms with van der Waals surface area (Å²) in [6.07, 6.45) is 1.95. The summed E-state index contributed by atoms with van der Waals surface area (Å²) >= 11 is 0. The molecular weight excluding hydrogens is 311 g/mol. The van der Waals surface area contributed by atoms with Crippen molar-refractivity contribution >= 4 is 16.7 Å². The number of aromatic nitrogens is 3. The molecule has 0 spiro atoms. The lowest BCUT2D eigenvalue weighted by Gasteiger charge is -2.08. The van der Waals surface area contributed by atoms with Gasteiger partial charge in [0.15, 0.2) is 5.82 Å². The van der Waals surface area contributed by atoms with Crippen molar-refractivity contribution < 1.29 is 9.31 Å². The summed E-state index contributed by atoms with van der Waals surface area (Å²) in [6.45, 7) is 0. The Kier molecular flexibility index (Phi) is 3.14. The lowest BCUT2D eigenvalue weighted by molar-refractivity contribution is -0.384. The molecule has 1 aromatic carbocycles. The highest BCUT2D eigenvalue weighted by Crippen LogP contribution is 2.26. The van der Waals surface area contributed by atoms with Crippen molar-refractivity contribution in [3.63, 3.8) is 0 Å². The maximum absolute atomic E-state index is 13.4. The maximum atomic E-state index is 13.4. The first-order valence-electron chi connectivity index (χ1n) is 6.20. The minimum atomic E-state index is -1.09. The van der Waals surface area contributed by atoms with Crippen LogP contribution in [0.2, 0.25) is 0 Å². The standard InChI is InChI=1S/C13H7FN4O5/c14-6-5-17(2-1-11(6)19)9-3-7-8(4-10(9)18(22)23)16-13(21)12(20)15-7/h1-5H,(H,15,20)(H,16,21). The maximum Gasteiger partial charge on any atom is 0.314 e. The Morgan fingerprint density at radius 2 is 1.70 bits per heavy atom. The molecule has 0 aliphatic heterocycles. The number of nitrogens with one attached hydrogen (secondary N) is 2. The molecule has 3 aromatic rings. The second kappa shape index (κ2) is 5.02. The van der Waals surface area contributed by atoms with Crippen LogP contribution < -0.4 is 16.5 Å².